The lowest BCUT2D eigenvalue weighted by Gasteiger charge is -2.27. The van der Waals surface area contributed by atoms with Crippen molar-refractivity contribution in [2.24, 2.45) is 17.3 Å². The van der Waals surface area contributed by atoms with Crippen LogP contribution in [0.5, 0.6) is 0 Å². The van der Waals surface area contributed by atoms with Crippen LogP contribution in [0.4, 0.5) is 0 Å². The van der Waals surface area contributed by atoms with E-state index in [0.29, 0.717) is 25.2 Å². The quantitative estimate of drug-likeness (QED) is 0.864. The molecule has 0 aliphatic heterocycles. The average Bonchev–Trinajstić information content (AvgIpc) is 3.07. The van der Waals surface area contributed by atoms with Crippen LogP contribution in [0.1, 0.15) is 25.7 Å². The average molecular weight is 268 g/mol. The van der Waals surface area contributed by atoms with Gasteiger partial charge in [0.25, 0.3) is 0 Å². The maximum Gasteiger partial charge on any atom is 0.310 e. The molecule has 1 heterocycles. The Balaban J connectivity index is 0.000000202. The molecule has 0 aromatic carbocycles. The molecule has 0 radical (unpaired) electrons. The van der Waals surface area contributed by atoms with Crippen LogP contribution in [0.15, 0.2) is 22.9 Å². The van der Waals surface area contributed by atoms with Crippen LogP contribution in [0.3, 0.4) is 0 Å². The van der Waals surface area contributed by atoms with E-state index in [1.165, 1.54) is 0 Å². The first-order chi connectivity index (χ1) is 8.56. The number of fused-ring (bicyclic) bond motifs is 2. The molecule has 2 N–H and O–H groups in total. The van der Waals surface area contributed by atoms with Crippen molar-refractivity contribution >= 4 is 23.3 Å². The van der Waals surface area contributed by atoms with Gasteiger partial charge in [0.2, 0.25) is 0 Å². The molecule has 2 fully saturated rings. The first-order valence-corrected chi connectivity index (χ1v) is 6.94. The Morgan fingerprint density at radius 1 is 1.22 bits per heavy atom. The highest BCUT2D eigenvalue weighted by Crippen LogP contribution is 2.57. The van der Waals surface area contributed by atoms with Crippen LogP contribution < -0.4 is 0 Å². The Bertz CT molecular complexity index is 411. The summed E-state index contributed by atoms with van der Waals surface area (Å²) >= 11 is 1.71. The molecule has 2 saturated carbocycles. The van der Waals surface area contributed by atoms with E-state index < -0.39 is 23.3 Å². The third-order valence-electron chi connectivity index (χ3n) is 4.04. The van der Waals surface area contributed by atoms with Gasteiger partial charge in [-0.3, -0.25) is 9.59 Å². The van der Waals surface area contributed by atoms with Gasteiger partial charge in [0.1, 0.15) is 0 Å². The van der Waals surface area contributed by atoms with Gasteiger partial charge in [0.05, 0.1) is 11.3 Å². The molecule has 98 valence electrons. The maximum absolute atomic E-state index is 11.0. The Hall–Kier alpha value is -1.36. The lowest BCUT2D eigenvalue weighted by atomic mass is 9.75. The van der Waals surface area contributed by atoms with Gasteiger partial charge < -0.3 is 10.2 Å². The van der Waals surface area contributed by atoms with E-state index in [0.717, 1.165) is 6.42 Å². The number of hydrogen-bond donors (Lipinski definition) is 2. The predicted octanol–water partition coefficient (Wildman–Crippen LogP) is 2.71. The normalized spacial score (nSPS) is 32.7. The number of hydrogen-bond acceptors (Lipinski definition) is 3. The van der Waals surface area contributed by atoms with Crippen molar-refractivity contribution < 1.29 is 19.8 Å². The number of rotatable bonds is 2. The van der Waals surface area contributed by atoms with Crippen LogP contribution in [0, 0.1) is 17.3 Å². The van der Waals surface area contributed by atoms with Crippen LogP contribution in [0.2, 0.25) is 0 Å². The summed E-state index contributed by atoms with van der Waals surface area (Å²) in [7, 11) is 0. The second-order valence-corrected chi connectivity index (χ2v) is 5.81. The van der Waals surface area contributed by atoms with E-state index in [1.807, 2.05) is 22.9 Å². The van der Waals surface area contributed by atoms with Gasteiger partial charge in [0, 0.05) is 0 Å². The minimum absolute atomic E-state index is 0.331. The van der Waals surface area contributed by atoms with Crippen molar-refractivity contribution in [2.75, 3.05) is 0 Å². The Kier molecular flexibility index (Phi) is 3.71. The van der Waals surface area contributed by atoms with Gasteiger partial charge in [-0.15, -0.1) is 0 Å². The van der Waals surface area contributed by atoms with Gasteiger partial charge in [0.15, 0.2) is 0 Å². The Morgan fingerprint density at radius 2 is 1.89 bits per heavy atom. The van der Waals surface area contributed by atoms with E-state index in [4.69, 9.17) is 10.2 Å². The predicted molar refractivity (Wildman–Crippen MR) is 67.5 cm³/mol. The van der Waals surface area contributed by atoms with Gasteiger partial charge in [-0.25, -0.2) is 0 Å². The zero-order valence-electron chi connectivity index (χ0n) is 9.91. The largest absolute Gasteiger partial charge is 0.481 e. The lowest BCUT2D eigenvalue weighted by Crippen LogP contribution is -2.38. The van der Waals surface area contributed by atoms with Gasteiger partial charge in [-0.1, -0.05) is 12.1 Å². The summed E-state index contributed by atoms with van der Waals surface area (Å²) in [6.45, 7) is 0. The minimum atomic E-state index is -0.940. The highest BCUT2D eigenvalue weighted by Gasteiger charge is 2.59. The van der Waals surface area contributed by atoms with E-state index in [-0.39, 0.29) is 0 Å². The number of thiophene rings is 1. The molecule has 2 bridgehead atoms. The second-order valence-electron chi connectivity index (χ2n) is 4.99. The van der Waals surface area contributed by atoms with Crippen molar-refractivity contribution in [3.05, 3.63) is 22.9 Å². The summed E-state index contributed by atoms with van der Waals surface area (Å²) in [6.07, 6.45) is 2.56. The molecule has 3 unspecified atom stereocenters. The first kappa shape index (κ1) is 13.1. The molecular formula is C13H16O4S. The maximum atomic E-state index is 11.0. The second kappa shape index (κ2) is 5.10. The third kappa shape index (κ3) is 2.27. The zero-order valence-corrected chi connectivity index (χ0v) is 10.7. The smallest absolute Gasteiger partial charge is 0.310 e. The van der Waals surface area contributed by atoms with Crippen molar-refractivity contribution in [3.8, 4) is 0 Å². The minimum Gasteiger partial charge on any atom is -0.481 e. The zero-order chi connectivity index (χ0) is 13.2. The monoisotopic (exact) mass is 268 g/mol. The topological polar surface area (TPSA) is 74.6 Å². The van der Waals surface area contributed by atoms with Crippen molar-refractivity contribution in [2.45, 2.75) is 25.7 Å². The fourth-order valence-corrected chi connectivity index (χ4v) is 3.62. The number of carboxylic acid groups (broad SMARTS) is 2. The molecule has 0 saturated heterocycles. The van der Waals surface area contributed by atoms with Gasteiger partial charge in [-0.05, 0) is 42.4 Å². The van der Waals surface area contributed by atoms with E-state index in [2.05, 4.69) is 0 Å². The summed E-state index contributed by atoms with van der Waals surface area (Å²) in [5.74, 6) is -2.18. The number of aliphatic carboxylic acids is 2. The van der Waals surface area contributed by atoms with Crippen molar-refractivity contribution in [1.82, 2.24) is 0 Å². The third-order valence-corrected chi connectivity index (χ3v) is 4.67. The lowest BCUT2D eigenvalue weighted by molar-refractivity contribution is -0.160. The van der Waals surface area contributed by atoms with Gasteiger partial charge >= 0.3 is 11.9 Å². The Labute approximate surface area is 109 Å². The Morgan fingerprint density at radius 3 is 2.22 bits per heavy atom. The van der Waals surface area contributed by atoms with E-state index >= 15 is 0 Å². The molecule has 3 atom stereocenters. The summed E-state index contributed by atoms with van der Waals surface area (Å²) in [5, 5.41) is 22.0. The summed E-state index contributed by atoms with van der Waals surface area (Å²) in [5.41, 5.74) is -0.934. The number of carboxylic acids is 2. The van der Waals surface area contributed by atoms with Crippen LogP contribution in [0.25, 0.3) is 0 Å². The van der Waals surface area contributed by atoms with Crippen LogP contribution >= 0.6 is 11.3 Å². The molecule has 4 nitrogen and oxygen atoms in total. The van der Waals surface area contributed by atoms with Crippen molar-refractivity contribution in [3.63, 3.8) is 0 Å². The first-order valence-electron chi connectivity index (χ1n) is 5.99. The molecule has 3 rings (SSSR count). The molecule has 5 heteroatoms. The highest BCUT2D eigenvalue weighted by molar-refractivity contribution is 7.07. The fourth-order valence-electron chi connectivity index (χ4n) is 3.16. The van der Waals surface area contributed by atoms with Gasteiger partial charge in [-0.2, -0.15) is 11.3 Å². The van der Waals surface area contributed by atoms with E-state index in [9.17, 15) is 9.59 Å². The van der Waals surface area contributed by atoms with E-state index in [1.54, 1.807) is 11.3 Å². The summed E-state index contributed by atoms with van der Waals surface area (Å²) < 4.78 is 0. The molecule has 1 aromatic heterocycles. The standard InChI is InChI=1S/C9H12O4.C4H4S/c10-7(11)6-3-5-1-2-9(6,4-5)8(12)13;1-2-4-5-3-1/h5-6H,1-4H2,(H,10,11)(H,12,13);1-4H. The van der Waals surface area contributed by atoms with Crippen LogP contribution in [-0.4, -0.2) is 22.2 Å². The SMILES string of the molecule is O=C(O)C1CC2CCC1(C(=O)O)C2.c1ccsc1. The summed E-state index contributed by atoms with van der Waals surface area (Å²) in [4.78, 5) is 21.9. The number of carbonyl (C=O) groups is 2. The highest BCUT2D eigenvalue weighted by atomic mass is 32.1. The molecule has 2 aliphatic carbocycles. The molecule has 2 aliphatic rings. The van der Waals surface area contributed by atoms with Crippen LogP contribution in [-0.2, 0) is 9.59 Å². The molecule has 18 heavy (non-hydrogen) atoms. The molecule has 0 spiro atoms. The van der Waals surface area contributed by atoms with Crippen molar-refractivity contribution in [1.29, 1.82) is 0 Å². The molecule has 1 aromatic rings. The molecular weight excluding hydrogens is 252 g/mol. The molecule has 0 amide bonds. The summed E-state index contributed by atoms with van der Waals surface area (Å²) in [6, 6.07) is 4.04. The fraction of sp³-hybridized carbons (Fsp3) is 0.538.